The molecule has 0 radical (unpaired) electrons. The maximum Gasteiger partial charge on any atom is 0.128 e. The highest BCUT2D eigenvalue weighted by atomic mass is 32.1. The van der Waals surface area contributed by atoms with E-state index in [1.54, 1.807) is 14.2 Å². The van der Waals surface area contributed by atoms with E-state index >= 15 is 0 Å². The molecular weight excluding hydrogens is 260 g/mol. The number of hydrogen-bond donors (Lipinski definition) is 1. The lowest BCUT2D eigenvalue weighted by Gasteiger charge is -2.12. The summed E-state index contributed by atoms with van der Waals surface area (Å²) in [5, 5.41) is 7.19. The van der Waals surface area contributed by atoms with Crippen molar-refractivity contribution < 1.29 is 9.47 Å². The van der Waals surface area contributed by atoms with E-state index in [-0.39, 0.29) is 0 Å². The fraction of sp³-hybridized carbons (Fsp3) is 0.286. The molecule has 1 N–H and O–H groups in total. The maximum absolute atomic E-state index is 5.39. The predicted octanol–water partition coefficient (Wildman–Crippen LogP) is 3.44. The molecule has 1 aromatic heterocycles. The van der Waals surface area contributed by atoms with E-state index in [9.17, 15) is 0 Å². The molecule has 19 heavy (non-hydrogen) atoms. The highest BCUT2D eigenvalue weighted by molar-refractivity contribution is 7.71. The van der Waals surface area contributed by atoms with Crippen LogP contribution < -0.4 is 9.47 Å². The lowest BCUT2D eigenvalue weighted by atomic mass is 10.0. The molecular formula is C14H16N2O2S. The van der Waals surface area contributed by atoms with Gasteiger partial charge in [0.1, 0.15) is 16.1 Å². The highest BCUT2D eigenvalue weighted by Gasteiger charge is 2.13. The molecule has 100 valence electrons. The molecule has 0 fully saturated rings. The molecule has 0 aliphatic heterocycles. The number of aromatic amines is 1. The predicted molar refractivity (Wildman–Crippen MR) is 77.4 cm³/mol. The Bertz CT molecular complexity index is 665. The fourth-order valence-corrected chi connectivity index (χ4v) is 2.08. The Balaban J connectivity index is 2.70. The van der Waals surface area contributed by atoms with E-state index in [2.05, 4.69) is 10.2 Å². The molecule has 0 amide bonds. The zero-order chi connectivity index (χ0) is 14.0. The quantitative estimate of drug-likeness (QED) is 0.872. The van der Waals surface area contributed by atoms with Gasteiger partial charge in [-0.15, -0.1) is 0 Å². The Morgan fingerprint density at radius 3 is 2.47 bits per heavy atom. The Morgan fingerprint density at radius 1 is 1.11 bits per heavy atom. The van der Waals surface area contributed by atoms with E-state index in [0.717, 1.165) is 33.9 Å². The van der Waals surface area contributed by atoms with Crippen molar-refractivity contribution in [3.8, 4) is 22.8 Å². The Hall–Kier alpha value is -1.88. The Kier molecular flexibility index (Phi) is 3.85. The number of nitrogens with one attached hydrogen (secondary N) is 1. The molecule has 0 spiro atoms. The van der Waals surface area contributed by atoms with Crippen molar-refractivity contribution in [2.24, 2.45) is 0 Å². The Morgan fingerprint density at radius 2 is 1.84 bits per heavy atom. The van der Waals surface area contributed by atoms with E-state index in [1.807, 2.05) is 32.0 Å². The first-order chi connectivity index (χ1) is 9.08. The van der Waals surface area contributed by atoms with Crippen LogP contribution in [0, 0.1) is 18.5 Å². The van der Waals surface area contributed by atoms with Crippen LogP contribution in [0.3, 0.4) is 0 Å². The largest absolute Gasteiger partial charge is 0.497 e. The van der Waals surface area contributed by atoms with Gasteiger partial charge in [-0.3, -0.25) is 5.10 Å². The van der Waals surface area contributed by atoms with Crippen LogP contribution in [0.5, 0.6) is 11.5 Å². The summed E-state index contributed by atoms with van der Waals surface area (Å²) in [7, 11) is 3.27. The molecule has 1 heterocycles. The molecule has 2 aromatic rings. The second kappa shape index (κ2) is 5.40. The molecule has 0 saturated carbocycles. The summed E-state index contributed by atoms with van der Waals surface area (Å²) in [6.07, 6.45) is 0. The monoisotopic (exact) mass is 276 g/mol. The minimum absolute atomic E-state index is 0.656. The maximum atomic E-state index is 5.39. The molecule has 5 heteroatoms. The average molecular weight is 276 g/mol. The summed E-state index contributed by atoms with van der Waals surface area (Å²) in [4.78, 5) is 0. The van der Waals surface area contributed by atoms with Crippen LogP contribution in [0.4, 0.5) is 0 Å². The molecule has 0 aliphatic rings. The summed E-state index contributed by atoms with van der Waals surface area (Å²) in [6.45, 7) is 3.98. The molecule has 0 unspecified atom stereocenters. The van der Waals surface area contributed by atoms with Crippen molar-refractivity contribution in [3.05, 3.63) is 34.0 Å². The first kappa shape index (κ1) is 13.5. The van der Waals surface area contributed by atoms with E-state index < -0.39 is 0 Å². The molecule has 1 aromatic carbocycles. The van der Waals surface area contributed by atoms with Crippen LogP contribution in [-0.2, 0) is 0 Å². The van der Waals surface area contributed by atoms with Gasteiger partial charge in [-0.05, 0) is 43.2 Å². The molecule has 0 atom stereocenters. The second-order valence-electron chi connectivity index (χ2n) is 4.22. The van der Waals surface area contributed by atoms with Crippen molar-refractivity contribution in [1.82, 2.24) is 10.2 Å². The van der Waals surface area contributed by atoms with Crippen molar-refractivity contribution >= 4 is 12.2 Å². The van der Waals surface area contributed by atoms with E-state index in [1.165, 1.54) is 0 Å². The van der Waals surface area contributed by atoms with Crippen LogP contribution in [0.2, 0.25) is 0 Å². The first-order valence-electron chi connectivity index (χ1n) is 5.86. The molecule has 0 bridgehead atoms. The zero-order valence-corrected chi connectivity index (χ0v) is 12.2. The van der Waals surface area contributed by atoms with Gasteiger partial charge in [0.2, 0.25) is 0 Å². The van der Waals surface area contributed by atoms with E-state index in [4.69, 9.17) is 21.7 Å². The number of rotatable bonds is 3. The van der Waals surface area contributed by atoms with Crippen molar-refractivity contribution in [3.63, 3.8) is 0 Å². The molecule has 4 nitrogen and oxygen atoms in total. The van der Waals surface area contributed by atoms with Gasteiger partial charge < -0.3 is 9.47 Å². The molecule has 0 saturated heterocycles. The van der Waals surface area contributed by atoms with E-state index in [0.29, 0.717) is 4.64 Å². The third-order valence-corrected chi connectivity index (χ3v) is 3.59. The van der Waals surface area contributed by atoms with Gasteiger partial charge >= 0.3 is 0 Å². The summed E-state index contributed by atoms with van der Waals surface area (Å²) in [6, 6.07) is 5.63. The van der Waals surface area contributed by atoms with Crippen LogP contribution >= 0.6 is 12.2 Å². The minimum atomic E-state index is 0.656. The number of nitrogens with zero attached hydrogens (tertiary/aromatic N) is 1. The van der Waals surface area contributed by atoms with Gasteiger partial charge in [0.15, 0.2) is 0 Å². The van der Waals surface area contributed by atoms with Crippen molar-refractivity contribution in [2.75, 3.05) is 14.2 Å². The molecule has 0 aliphatic carbocycles. The van der Waals surface area contributed by atoms with Crippen LogP contribution in [0.1, 0.15) is 11.1 Å². The highest BCUT2D eigenvalue weighted by Crippen LogP contribution is 2.34. The summed E-state index contributed by atoms with van der Waals surface area (Å²) in [5.74, 6) is 1.51. The number of benzene rings is 1. The van der Waals surface area contributed by atoms with Crippen LogP contribution in [0.15, 0.2) is 18.2 Å². The average Bonchev–Trinajstić information content (AvgIpc) is 2.44. The van der Waals surface area contributed by atoms with Gasteiger partial charge in [0.25, 0.3) is 0 Å². The summed E-state index contributed by atoms with van der Waals surface area (Å²) in [5.41, 5.74) is 3.76. The number of H-pyrrole nitrogens is 1. The lowest BCUT2D eigenvalue weighted by molar-refractivity contribution is 0.404. The number of hydrogen-bond acceptors (Lipinski definition) is 4. The van der Waals surface area contributed by atoms with Gasteiger partial charge in [-0.2, -0.15) is 5.10 Å². The standard InChI is InChI=1S/C14H16N2O2S/c1-8-9(2)14(19)16-15-13(8)11-7-10(17-3)5-6-12(11)18-4/h5-7H,1-4H3,(H,16,19). The zero-order valence-electron chi connectivity index (χ0n) is 11.4. The van der Waals surface area contributed by atoms with Crippen molar-refractivity contribution in [2.45, 2.75) is 13.8 Å². The number of methoxy groups -OCH3 is 2. The minimum Gasteiger partial charge on any atom is -0.497 e. The van der Waals surface area contributed by atoms with Crippen molar-refractivity contribution in [1.29, 1.82) is 0 Å². The normalized spacial score (nSPS) is 10.3. The fourth-order valence-electron chi connectivity index (χ4n) is 1.88. The SMILES string of the molecule is COc1ccc(OC)c(-c2n[nH]c(=S)c(C)c2C)c1. The van der Waals surface area contributed by atoms with Gasteiger partial charge in [-0.25, -0.2) is 0 Å². The molecule has 2 rings (SSSR count). The van der Waals surface area contributed by atoms with Crippen LogP contribution in [0.25, 0.3) is 11.3 Å². The number of aromatic nitrogens is 2. The third-order valence-electron chi connectivity index (χ3n) is 3.19. The summed E-state index contributed by atoms with van der Waals surface area (Å²) < 4.78 is 11.3. The third kappa shape index (κ3) is 2.46. The lowest BCUT2D eigenvalue weighted by Crippen LogP contribution is -1.99. The van der Waals surface area contributed by atoms with Crippen LogP contribution in [-0.4, -0.2) is 24.4 Å². The Labute approximate surface area is 117 Å². The number of ether oxygens (including phenoxy) is 2. The summed E-state index contributed by atoms with van der Waals surface area (Å²) >= 11 is 5.19. The second-order valence-corrected chi connectivity index (χ2v) is 4.63. The first-order valence-corrected chi connectivity index (χ1v) is 6.27. The van der Waals surface area contributed by atoms with Gasteiger partial charge in [-0.1, -0.05) is 12.2 Å². The van der Waals surface area contributed by atoms with Gasteiger partial charge in [0.05, 0.1) is 19.9 Å². The topological polar surface area (TPSA) is 47.1 Å². The van der Waals surface area contributed by atoms with Gasteiger partial charge in [0, 0.05) is 5.56 Å². The smallest absolute Gasteiger partial charge is 0.128 e.